The summed E-state index contributed by atoms with van der Waals surface area (Å²) in [6.07, 6.45) is 2.76. The minimum atomic E-state index is -3.71. The first-order valence-electron chi connectivity index (χ1n) is 9.11. The van der Waals surface area contributed by atoms with Crippen molar-refractivity contribution < 1.29 is 13.5 Å². The molecule has 1 fully saturated rings. The Balaban J connectivity index is 1.73. The van der Waals surface area contributed by atoms with Crippen molar-refractivity contribution in [2.24, 2.45) is 0 Å². The molecule has 6 nitrogen and oxygen atoms in total. The quantitative estimate of drug-likeness (QED) is 0.634. The molecule has 0 saturated carbocycles. The molecule has 2 aliphatic heterocycles. The van der Waals surface area contributed by atoms with E-state index in [9.17, 15) is 13.5 Å². The van der Waals surface area contributed by atoms with E-state index in [1.165, 1.54) is 0 Å². The molecule has 0 bridgehead atoms. The van der Waals surface area contributed by atoms with E-state index < -0.39 is 10.0 Å². The number of hydrogen-bond acceptors (Lipinski definition) is 5. The molecule has 1 saturated heterocycles. The van der Waals surface area contributed by atoms with Gasteiger partial charge in [-0.25, -0.2) is 8.42 Å². The van der Waals surface area contributed by atoms with Gasteiger partial charge < -0.3 is 10.0 Å². The first-order valence-corrected chi connectivity index (χ1v) is 11.0. The molecule has 3 heterocycles. The van der Waals surface area contributed by atoms with Gasteiger partial charge in [0.1, 0.15) is 0 Å². The lowest BCUT2D eigenvalue weighted by molar-refractivity contribution is 0.145. The van der Waals surface area contributed by atoms with Crippen LogP contribution in [0.4, 0.5) is 11.4 Å². The van der Waals surface area contributed by atoms with E-state index in [1.54, 1.807) is 24.4 Å². The second kappa shape index (κ2) is 6.34. The van der Waals surface area contributed by atoms with Crippen LogP contribution in [-0.2, 0) is 10.0 Å². The zero-order chi connectivity index (χ0) is 19.5. The first kappa shape index (κ1) is 17.7. The number of nitrogens with zero attached hydrogens (tertiary/aromatic N) is 2. The van der Waals surface area contributed by atoms with Gasteiger partial charge in [0.15, 0.2) is 0 Å². The Morgan fingerprint density at radius 2 is 1.93 bits per heavy atom. The first-order chi connectivity index (χ1) is 13.4. The molecule has 5 rings (SSSR count). The summed E-state index contributed by atoms with van der Waals surface area (Å²) in [7, 11) is -3.71. The molecular formula is C20H18ClN3O3S. The third-order valence-corrected chi connectivity index (χ3v) is 7.17. The predicted molar refractivity (Wildman–Crippen MR) is 110 cm³/mol. The van der Waals surface area contributed by atoms with E-state index in [0.717, 1.165) is 24.3 Å². The van der Waals surface area contributed by atoms with Gasteiger partial charge in [-0.2, -0.15) is 0 Å². The van der Waals surface area contributed by atoms with Crippen LogP contribution < -0.4 is 9.62 Å². The number of nitrogens with one attached hydrogen (secondary N) is 1. The minimum absolute atomic E-state index is 0.229. The molecule has 0 atom stereocenters. The molecular weight excluding hydrogens is 398 g/mol. The second-order valence-electron chi connectivity index (χ2n) is 7.18. The van der Waals surface area contributed by atoms with E-state index in [2.05, 4.69) is 14.6 Å². The summed E-state index contributed by atoms with van der Waals surface area (Å²) in [4.78, 5) is 6.76. The predicted octanol–water partition coefficient (Wildman–Crippen LogP) is 3.63. The Labute approximate surface area is 167 Å². The number of aliphatic hydroxyl groups excluding tert-OH is 1. The van der Waals surface area contributed by atoms with Crippen LogP contribution in [0, 0.1) is 0 Å². The highest BCUT2D eigenvalue weighted by Crippen LogP contribution is 2.45. The van der Waals surface area contributed by atoms with Crippen LogP contribution in [0.1, 0.15) is 12.8 Å². The van der Waals surface area contributed by atoms with Gasteiger partial charge in [0.2, 0.25) is 0 Å². The summed E-state index contributed by atoms with van der Waals surface area (Å²) >= 11 is 6.48. The van der Waals surface area contributed by atoms with Crippen LogP contribution in [0.3, 0.4) is 0 Å². The van der Waals surface area contributed by atoms with Crippen LogP contribution >= 0.6 is 11.6 Å². The molecule has 0 amide bonds. The van der Waals surface area contributed by atoms with Gasteiger partial charge >= 0.3 is 0 Å². The van der Waals surface area contributed by atoms with Crippen LogP contribution in [0.5, 0.6) is 0 Å². The number of aromatic nitrogens is 1. The second-order valence-corrected chi connectivity index (χ2v) is 9.24. The number of halogens is 1. The monoisotopic (exact) mass is 415 g/mol. The number of pyridine rings is 1. The number of piperidine rings is 1. The summed E-state index contributed by atoms with van der Waals surface area (Å²) in [6.45, 7) is 1.47. The van der Waals surface area contributed by atoms with E-state index in [0.29, 0.717) is 40.0 Å². The lowest BCUT2D eigenvalue weighted by atomic mass is 9.99. The third kappa shape index (κ3) is 2.73. The van der Waals surface area contributed by atoms with Crippen LogP contribution in [0.25, 0.3) is 22.0 Å². The fraction of sp³-hybridized carbons (Fsp3) is 0.250. The van der Waals surface area contributed by atoms with Crippen molar-refractivity contribution in [1.82, 2.24) is 4.98 Å². The summed E-state index contributed by atoms with van der Waals surface area (Å²) in [5.74, 6) is 0. The van der Waals surface area contributed by atoms with E-state index in [-0.39, 0.29) is 11.0 Å². The zero-order valence-corrected chi connectivity index (χ0v) is 16.5. The Morgan fingerprint density at radius 3 is 2.71 bits per heavy atom. The smallest absolute Gasteiger partial charge is 0.262 e. The number of sulfonamides is 1. The van der Waals surface area contributed by atoms with Crippen LogP contribution in [-0.4, -0.2) is 37.7 Å². The Kier molecular flexibility index (Phi) is 4.01. The van der Waals surface area contributed by atoms with E-state index in [1.807, 2.05) is 18.2 Å². The molecule has 8 heteroatoms. The largest absolute Gasteiger partial charge is 0.393 e. The number of benzene rings is 2. The van der Waals surface area contributed by atoms with E-state index >= 15 is 0 Å². The van der Waals surface area contributed by atoms with Crippen molar-refractivity contribution in [3.63, 3.8) is 0 Å². The maximum absolute atomic E-state index is 12.9. The molecule has 144 valence electrons. The molecule has 0 unspecified atom stereocenters. The zero-order valence-electron chi connectivity index (χ0n) is 14.9. The molecule has 0 aliphatic carbocycles. The molecule has 2 aliphatic rings. The van der Waals surface area contributed by atoms with Crippen molar-refractivity contribution in [2.75, 3.05) is 22.7 Å². The van der Waals surface area contributed by atoms with Crippen molar-refractivity contribution in [2.45, 2.75) is 23.8 Å². The molecule has 0 spiro atoms. The molecule has 0 radical (unpaired) electrons. The summed E-state index contributed by atoms with van der Waals surface area (Å²) in [5, 5.41) is 11.0. The Morgan fingerprint density at radius 1 is 1.14 bits per heavy atom. The number of rotatable bonds is 1. The van der Waals surface area contributed by atoms with Crippen molar-refractivity contribution >= 4 is 43.9 Å². The highest BCUT2D eigenvalue weighted by Gasteiger charge is 2.31. The normalized spacial score (nSPS) is 18.4. The average molecular weight is 416 g/mol. The van der Waals surface area contributed by atoms with Crippen molar-refractivity contribution in [3.05, 3.63) is 47.6 Å². The third-order valence-electron chi connectivity index (χ3n) is 5.45. The fourth-order valence-electron chi connectivity index (χ4n) is 3.99. The van der Waals surface area contributed by atoms with Crippen molar-refractivity contribution in [3.8, 4) is 11.1 Å². The summed E-state index contributed by atoms with van der Waals surface area (Å²) in [6, 6.07) is 10.7. The summed E-state index contributed by atoms with van der Waals surface area (Å²) in [5.41, 5.74) is 3.27. The van der Waals surface area contributed by atoms with Gasteiger partial charge in [-0.1, -0.05) is 11.6 Å². The SMILES string of the molecule is O=S1(=O)Nc2c(cc(Cl)c3cccnc23)-c2cc(N3CCC(O)CC3)ccc21. The number of hydrogen-bond donors (Lipinski definition) is 2. The fourth-order valence-corrected chi connectivity index (χ4v) is 5.54. The van der Waals surface area contributed by atoms with E-state index in [4.69, 9.17) is 11.6 Å². The highest BCUT2D eigenvalue weighted by atomic mass is 35.5. The standard InChI is InChI=1S/C20H18ClN3O3S/c21-17-11-16-15-10-12(24-8-5-13(25)6-9-24)3-4-18(15)28(26,27)23-20(16)19-14(17)2-1-7-22-19/h1-4,7,10-11,13,23,25H,5-6,8-9H2. The van der Waals surface area contributed by atoms with Gasteiger partial charge in [-0.15, -0.1) is 0 Å². The average Bonchev–Trinajstić information content (AvgIpc) is 2.69. The van der Waals surface area contributed by atoms with Crippen LogP contribution in [0.15, 0.2) is 47.5 Å². The molecule has 1 aromatic heterocycles. The van der Waals surface area contributed by atoms with Gasteiger partial charge in [-0.3, -0.25) is 9.71 Å². The molecule has 28 heavy (non-hydrogen) atoms. The number of fused-ring (bicyclic) bond motifs is 5. The lowest BCUT2D eigenvalue weighted by Gasteiger charge is -2.32. The summed E-state index contributed by atoms with van der Waals surface area (Å²) < 4.78 is 28.4. The van der Waals surface area contributed by atoms with Gasteiger partial charge in [0.25, 0.3) is 10.0 Å². The maximum Gasteiger partial charge on any atom is 0.262 e. The Hall–Kier alpha value is -2.35. The lowest BCUT2D eigenvalue weighted by Crippen LogP contribution is -2.35. The maximum atomic E-state index is 12.9. The van der Waals surface area contributed by atoms with Gasteiger partial charge in [0, 0.05) is 41.5 Å². The molecule has 2 aromatic carbocycles. The molecule has 2 N–H and O–H groups in total. The van der Waals surface area contributed by atoms with Gasteiger partial charge in [-0.05, 0) is 49.2 Å². The minimum Gasteiger partial charge on any atom is -0.393 e. The highest BCUT2D eigenvalue weighted by molar-refractivity contribution is 7.93. The topological polar surface area (TPSA) is 82.5 Å². The van der Waals surface area contributed by atoms with Gasteiger partial charge in [0.05, 0.1) is 27.2 Å². The van der Waals surface area contributed by atoms with Crippen LogP contribution in [0.2, 0.25) is 5.02 Å². The molecule has 3 aromatic rings. The Bertz CT molecular complexity index is 1200. The number of aliphatic hydroxyl groups is 1. The number of anilines is 2. The van der Waals surface area contributed by atoms with Crippen molar-refractivity contribution in [1.29, 1.82) is 0 Å².